The summed E-state index contributed by atoms with van der Waals surface area (Å²) in [7, 11) is 0. The number of hydrogen-bond donors (Lipinski definition) is 0. The minimum absolute atomic E-state index is 0.0729. The molecule has 1 aromatic carbocycles. The lowest BCUT2D eigenvalue weighted by atomic mass is 9.95. The third-order valence-electron chi connectivity index (χ3n) is 5.58. The highest BCUT2D eigenvalue weighted by Gasteiger charge is 2.62. The summed E-state index contributed by atoms with van der Waals surface area (Å²) in [5.41, 5.74) is -0.680. The molecule has 0 N–H and O–H groups in total. The van der Waals surface area contributed by atoms with E-state index < -0.39 is 11.6 Å². The average molecular weight is 426 g/mol. The van der Waals surface area contributed by atoms with Crippen LogP contribution in [-0.4, -0.2) is 45.0 Å². The predicted molar refractivity (Wildman–Crippen MR) is 110 cm³/mol. The van der Waals surface area contributed by atoms with Crippen LogP contribution < -0.4 is 4.90 Å². The number of carbonyl (C=O) groups is 3. The number of amides is 2. The van der Waals surface area contributed by atoms with Crippen LogP contribution in [0.25, 0.3) is 0 Å². The fourth-order valence-corrected chi connectivity index (χ4v) is 4.17. The number of para-hydroxylation sites is 1. The standard InChI is InChI=1S/C22H26N4O5/c1-13(2)11-25-20(28)15-7-5-6-8-16(15)26-18(27)9-10-22(25,26)21(29)30-12-17-23-19(14(3)4)24-31-17/h5-8,13-14H,9-12H2,1-4H3. The highest BCUT2D eigenvalue weighted by molar-refractivity contribution is 6.15. The third kappa shape index (κ3) is 3.37. The largest absolute Gasteiger partial charge is 0.452 e. The number of hydrogen-bond acceptors (Lipinski definition) is 7. The van der Waals surface area contributed by atoms with E-state index in [0.29, 0.717) is 23.6 Å². The maximum atomic E-state index is 13.5. The second kappa shape index (κ2) is 7.79. The van der Waals surface area contributed by atoms with E-state index in [4.69, 9.17) is 9.26 Å². The molecule has 1 atom stereocenters. The Bertz CT molecular complexity index is 1030. The summed E-state index contributed by atoms with van der Waals surface area (Å²) in [4.78, 5) is 47.0. The van der Waals surface area contributed by atoms with Gasteiger partial charge in [-0.1, -0.05) is 45.0 Å². The van der Waals surface area contributed by atoms with Crippen LogP contribution >= 0.6 is 0 Å². The predicted octanol–water partition coefficient (Wildman–Crippen LogP) is 2.87. The van der Waals surface area contributed by atoms with E-state index in [9.17, 15) is 14.4 Å². The maximum Gasteiger partial charge on any atom is 0.354 e. The highest BCUT2D eigenvalue weighted by atomic mass is 16.6. The van der Waals surface area contributed by atoms with E-state index in [1.165, 1.54) is 9.80 Å². The van der Waals surface area contributed by atoms with Crippen molar-refractivity contribution < 1.29 is 23.6 Å². The zero-order chi connectivity index (χ0) is 22.3. The molecule has 31 heavy (non-hydrogen) atoms. The van der Waals surface area contributed by atoms with Gasteiger partial charge in [0.25, 0.3) is 11.8 Å². The Labute approximate surface area is 180 Å². The summed E-state index contributed by atoms with van der Waals surface area (Å²) in [5, 5.41) is 3.87. The van der Waals surface area contributed by atoms with Crippen molar-refractivity contribution in [3.8, 4) is 0 Å². The van der Waals surface area contributed by atoms with Gasteiger partial charge in [-0.2, -0.15) is 4.98 Å². The number of anilines is 1. The normalized spacial score (nSPS) is 20.5. The van der Waals surface area contributed by atoms with E-state index >= 15 is 0 Å². The van der Waals surface area contributed by atoms with Crippen LogP contribution in [-0.2, 0) is 20.9 Å². The van der Waals surface area contributed by atoms with Crippen LogP contribution in [0.2, 0.25) is 0 Å². The second-order valence-electron chi connectivity index (χ2n) is 8.65. The monoisotopic (exact) mass is 426 g/mol. The lowest BCUT2D eigenvalue weighted by Gasteiger charge is -2.48. The molecule has 164 valence electrons. The van der Waals surface area contributed by atoms with Crippen LogP contribution in [0.3, 0.4) is 0 Å². The number of esters is 1. The molecule has 4 rings (SSSR count). The van der Waals surface area contributed by atoms with Gasteiger partial charge in [-0.05, 0) is 18.1 Å². The number of fused-ring (bicyclic) bond motifs is 3. The molecule has 2 aliphatic rings. The Balaban J connectivity index is 1.71. The topological polar surface area (TPSA) is 106 Å². The molecule has 1 unspecified atom stereocenters. The molecule has 1 fully saturated rings. The lowest BCUT2D eigenvalue weighted by molar-refractivity contribution is -0.159. The molecule has 0 aliphatic carbocycles. The zero-order valence-corrected chi connectivity index (χ0v) is 18.1. The molecule has 3 heterocycles. The Hall–Kier alpha value is -3.23. The molecule has 0 radical (unpaired) electrons. The molecular formula is C22H26N4O5. The molecular weight excluding hydrogens is 400 g/mol. The van der Waals surface area contributed by atoms with Gasteiger partial charge >= 0.3 is 5.97 Å². The van der Waals surface area contributed by atoms with Crippen molar-refractivity contribution >= 4 is 23.5 Å². The number of ether oxygens (including phenoxy) is 1. The molecule has 1 aromatic heterocycles. The molecule has 2 amide bonds. The number of rotatable bonds is 6. The second-order valence-corrected chi connectivity index (χ2v) is 8.65. The third-order valence-corrected chi connectivity index (χ3v) is 5.58. The van der Waals surface area contributed by atoms with Crippen LogP contribution in [0.4, 0.5) is 5.69 Å². The quantitative estimate of drug-likeness (QED) is 0.654. The van der Waals surface area contributed by atoms with Crippen molar-refractivity contribution in [2.24, 2.45) is 5.92 Å². The van der Waals surface area contributed by atoms with Gasteiger partial charge in [-0.25, -0.2) is 4.79 Å². The summed E-state index contributed by atoms with van der Waals surface area (Å²) >= 11 is 0. The van der Waals surface area contributed by atoms with Crippen molar-refractivity contribution in [3.63, 3.8) is 0 Å². The van der Waals surface area contributed by atoms with Crippen molar-refractivity contribution in [3.05, 3.63) is 41.5 Å². The molecule has 9 heteroatoms. The molecule has 2 aliphatic heterocycles. The number of benzene rings is 1. The van der Waals surface area contributed by atoms with E-state index in [-0.39, 0.29) is 49.0 Å². The minimum atomic E-state index is -1.52. The van der Waals surface area contributed by atoms with Gasteiger partial charge in [-0.3, -0.25) is 14.5 Å². The summed E-state index contributed by atoms with van der Waals surface area (Å²) in [6.45, 7) is 7.85. The lowest BCUT2D eigenvalue weighted by Crippen LogP contribution is -2.69. The Kier molecular flexibility index (Phi) is 5.28. The van der Waals surface area contributed by atoms with Gasteiger partial charge in [0, 0.05) is 25.3 Å². The van der Waals surface area contributed by atoms with Crippen molar-refractivity contribution in [1.29, 1.82) is 0 Å². The average Bonchev–Trinajstić information content (AvgIpc) is 3.35. The van der Waals surface area contributed by atoms with Gasteiger partial charge in [-0.15, -0.1) is 0 Å². The number of carbonyl (C=O) groups excluding carboxylic acids is 3. The van der Waals surface area contributed by atoms with E-state index in [1.54, 1.807) is 24.3 Å². The first-order chi connectivity index (χ1) is 14.8. The fourth-order valence-electron chi connectivity index (χ4n) is 4.17. The van der Waals surface area contributed by atoms with Gasteiger partial charge in [0.1, 0.15) is 0 Å². The van der Waals surface area contributed by atoms with E-state index in [0.717, 1.165) is 0 Å². The molecule has 0 bridgehead atoms. The molecule has 1 saturated heterocycles. The van der Waals surface area contributed by atoms with Crippen LogP contribution in [0, 0.1) is 5.92 Å². The van der Waals surface area contributed by atoms with Gasteiger partial charge < -0.3 is 14.2 Å². The van der Waals surface area contributed by atoms with Crippen LogP contribution in [0.15, 0.2) is 28.8 Å². The SMILES string of the molecule is CC(C)CN1C(=O)c2ccccc2N2C(=O)CCC12C(=O)OCc1nc(C(C)C)no1. The first-order valence-corrected chi connectivity index (χ1v) is 10.5. The molecule has 9 nitrogen and oxygen atoms in total. The fraction of sp³-hybridized carbons (Fsp3) is 0.500. The Morgan fingerprint density at radius 2 is 1.97 bits per heavy atom. The van der Waals surface area contributed by atoms with Crippen molar-refractivity contribution in [2.45, 2.75) is 58.7 Å². The zero-order valence-electron chi connectivity index (χ0n) is 18.1. The van der Waals surface area contributed by atoms with Gasteiger partial charge in [0.15, 0.2) is 12.4 Å². The molecule has 0 spiro atoms. The van der Waals surface area contributed by atoms with Crippen LogP contribution in [0.1, 0.15) is 68.5 Å². The Morgan fingerprint density at radius 3 is 2.65 bits per heavy atom. The van der Waals surface area contributed by atoms with Crippen molar-refractivity contribution in [2.75, 3.05) is 11.4 Å². The van der Waals surface area contributed by atoms with Crippen molar-refractivity contribution in [1.82, 2.24) is 15.0 Å². The highest BCUT2D eigenvalue weighted by Crippen LogP contribution is 2.45. The first kappa shape index (κ1) is 21.0. The molecule has 0 saturated carbocycles. The smallest absolute Gasteiger partial charge is 0.354 e. The van der Waals surface area contributed by atoms with Gasteiger partial charge in [0.05, 0.1) is 11.3 Å². The summed E-state index contributed by atoms with van der Waals surface area (Å²) in [5.74, 6) is -0.333. The minimum Gasteiger partial charge on any atom is -0.452 e. The Morgan fingerprint density at radius 1 is 1.23 bits per heavy atom. The summed E-state index contributed by atoms with van der Waals surface area (Å²) < 4.78 is 10.7. The first-order valence-electron chi connectivity index (χ1n) is 10.5. The molecule has 2 aromatic rings. The van der Waals surface area contributed by atoms with Gasteiger partial charge in [0.2, 0.25) is 11.6 Å². The number of aromatic nitrogens is 2. The number of nitrogens with zero attached hydrogens (tertiary/aromatic N) is 4. The summed E-state index contributed by atoms with van der Waals surface area (Å²) in [6.07, 6.45) is 0.307. The van der Waals surface area contributed by atoms with E-state index in [2.05, 4.69) is 10.1 Å². The summed E-state index contributed by atoms with van der Waals surface area (Å²) in [6, 6.07) is 6.87. The van der Waals surface area contributed by atoms with E-state index in [1.807, 2.05) is 27.7 Å². The van der Waals surface area contributed by atoms with Crippen LogP contribution in [0.5, 0.6) is 0 Å². The maximum absolute atomic E-state index is 13.5.